The molecule has 0 amide bonds. The van der Waals surface area contributed by atoms with Gasteiger partial charge in [0.25, 0.3) is 5.92 Å². The van der Waals surface area contributed by atoms with Crippen molar-refractivity contribution in [1.82, 2.24) is 9.88 Å². The van der Waals surface area contributed by atoms with E-state index in [1.807, 2.05) is 12.4 Å². The molecule has 2 saturated carbocycles. The predicted molar refractivity (Wildman–Crippen MR) is 141 cm³/mol. The third kappa shape index (κ3) is 3.13. The third-order valence-electron chi connectivity index (χ3n) is 11.4. The average Bonchev–Trinajstić information content (AvgIpc) is 3.54. The van der Waals surface area contributed by atoms with E-state index in [0.29, 0.717) is 18.4 Å². The topological polar surface area (TPSA) is 25.4 Å². The van der Waals surface area contributed by atoms with Gasteiger partial charge in [-0.25, -0.2) is 8.78 Å². The van der Waals surface area contributed by atoms with Crippen molar-refractivity contribution in [2.75, 3.05) is 13.1 Å². The van der Waals surface area contributed by atoms with Crippen LogP contribution in [0.3, 0.4) is 0 Å². The van der Waals surface area contributed by atoms with Gasteiger partial charge in [0.1, 0.15) is 0 Å². The number of pyridine rings is 1. The van der Waals surface area contributed by atoms with Crippen LogP contribution < -0.4 is 0 Å². The number of hydrogen-bond donors (Lipinski definition) is 0. The van der Waals surface area contributed by atoms with Crippen molar-refractivity contribution in [2.24, 2.45) is 11.3 Å². The molecule has 194 valence electrons. The van der Waals surface area contributed by atoms with Gasteiger partial charge in [0.05, 0.1) is 17.7 Å². The van der Waals surface area contributed by atoms with Crippen LogP contribution in [-0.2, 0) is 4.74 Å². The van der Waals surface area contributed by atoms with Crippen LogP contribution in [0.25, 0.3) is 10.8 Å². The molecule has 3 aliphatic heterocycles. The highest BCUT2D eigenvalue weighted by Crippen LogP contribution is 2.69. The van der Waals surface area contributed by atoms with E-state index >= 15 is 0 Å². The van der Waals surface area contributed by atoms with E-state index in [4.69, 9.17) is 4.74 Å². The molecular weight excluding hydrogens is 466 g/mol. The maximum atomic E-state index is 14.0. The van der Waals surface area contributed by atoms with Gasteiger partial charge in [0.2, 0.25) is 0 Å². The molecule has 4 fully saturated rings. The lowest BCUT2D eigenvalue weighted by Crippen LogP contribution is -2.55. The molecule has 3 aliphatic carbocycles. The molecule has 1 aromatic carbocycles. The van der Waals surface area contributed by atoms with E-state index in [-0.39, 0.29) is 35.6 Å². The lowest BCUT2D eigenvalue weighted by Gasteiger charge is -2.55. The third-order valence-corrected chi connectivity index (χ3v) is 11.4. The Bertz CT molecular complexity index is 1350. The summed E-state index contributed by atoms with van der Waals surface area (Å²) in [6, 6.07) is 9.26. The molecule has 2 saturated heterocycles. The number of likely N-dealkylation sites (tertiary alicyclic amines) is 1. The Morgan fingerprint density at radius 2 is 1.97 bits per heavy atom. The fourth-order valence-corrected chi connectivity index (χ4v) is 9.64. The zero-order valence-electron chi connectivity index (χ0n) is 21.7. The second-order valence-electron chi connectivity index (χ2n) is 13.2. The van der Waals surface area contributed by atoms with Gasteiger partial charge in [-0.3, -0.25) is 9.88 Å². The molecule has 3 nitrogen and oxygen atoms in total. The zero-order valence-corrected chi connectivity index (χ0v) is 21.7. The van der Waals surface area contributed by atoms with Crippen LogP contribution in [0.5, 0.6) is 0 Å². The number of alkyl halides is 2. The van der Waals surface area contributed by atoms with Crippen LogP contribution in [0.15, 0.2) is 60.0 Å². The number of halogens is 2. The smallest absolute Gasteiger partial charge is 0.261 e. The lowest BCUT2D eigenvalue weighted by atomic mass is 9.58. The number of nitrogens with zero attached hydrogens (tertiary/aromatic N) is 2. The number of ether oxygens (including phenoxy) is 1. The summed E-state index contributed by atoms with van der Waals surface area (Å²) in [5.41, 5.74) is 4.00. The van der Waals surface area contributed by atoms with Crippen LogP contribution in [-0.4, -0.2) is 46.1 Å². The Morgan fingerprint density at radius 1 is 1.05 bits per heavy atom. The Balaban J connectivity index is 1.12. The maximum absolute atomic E-state index is 14.0. The highest BCUT2D eigenvalue weighted by molar-refractivity contribution is 5.82. The van der Waals surface area contributed by atoms with Crippen LogP contribution in [0.4, 0.5) is 8.78 Å². The fourth-order valence-electron chi connectivity index (χ4n) is 9.64. The van der Waals surface area contributed by atoms with E-state index in [0.717, 1.165) is 38.5 Å². The molecule has 8 rings (SSSR count). The van der Waals surface area contributed by atoms with Gasteiger partial charge < -0.3 is 4.74 Å². The van der Waals surface area contributed by atoms with Gasteiger partial charge in [-0.2, -0.15) is 0 Å². The molecule has 6 atom stereocenters. The Morgan fingerprint density at radius 3 is 2.84 bits per heavy atom. The first-order valence-corrected chi connectivity index (χ1v) is 14.4. The standard InChI is InChI=1S/C32H36F2N2O/c1-29-10-8-25-17-24-4-5-26(36-15-13-31(33,34)20-36)18-30(24)11-12-32(25,37-30)28(29)7-6-27(29)22-3-2-21-9-14-35-19-23(21)16-22/h2-3,8-9,14,16-17,19,26-28H,4-7,10-13,15,18,20H2,1H3/t26-,27?,28+,29+,30+,32+/m0/s1. The van der Waals surface area contributed by atoms with Crippen LogP contribution in [0.2, 0.25) is 0 Å². The number of rotatable bonds is 2. The predicted octanol–water partition coefficient (Wildman–Crippen LogP) is 7.19. The molecule has 2 aromatic rings. The SMILES string of the molecule is C[C@]12CC=C3C=C4CC[C@H](N5CCC(F)(F)C5)C[C@]45CC[C@]3(O5)[C@@H]1CCC2c1ccc2ccncc2c1. The highest BCUT2D eigenvalue weighted by atomic mass is 19.3. The normalized spacial score (nSPS) is 42.2. The van der Waals surface area contributed by atoms with Crippen molar-refractivity contribution in [1.29, 1.82) is 0 Å². The molecular formula is C32H36F2N2O. The summed E-state index contributed by atoms with van der Waals surface area (Å²) in [7, 11) is 0. The number of aromatic nitrogens is 1. The summed E-state index contributed by atoms with van der Waals surface area (Å²) in [4.78, 5) is 6.43. The van der Waals surface area contributed by atoms with Crippen molar-refractivity contribution in [3.05, 3.63) is 65.5 Å². The molecule has 5 heteroatoms. The second-order valence-corrected chi connectivity index (χ2v) is 13.2. The first-order chi connectivity index (χ1) is 17.8. The monoisotopic (exact) mass is 502 g/mol. The number of benzene rings is 1. The maximum Gasteiger partial charge on any atom is 0.261 e. The van der Waals surface area contributed by atoms with Gasteiger partial charge in [-0.15, -0.1) is 0 Å². The van der Waals surface area contributed by atoms with Gasteiger partial charge in [-0.1, -0.05) is 31.2 Å². The number of fused-ring (bicyclic) bond motifs is 2. The average molecular weight is 503 g/mol. The van der Waals surface area contributed by atoms with Crippen molar-refractivity contribution in [3.8, 4) is 0 Å². The van der Waals surface area contributed by atoms with E-state index in [1.165, 1.54) is 40.3 Å². The van der Waals surface area contributed by atoms with Crippen molar-refractivity contribution >= 4 is 10.8 Å². The summed E-state index contributed by atoms with van der Waals surface area (Å²) in [5.74, 6) is -1.54. The molecule has 37 heavy (non-hydrogen) atoms. The van der Waals surface area contributed by atoms with E-state index in [1.54, 1.807) is 0 Å². The number of hydrogen-bond acceptors (Lipinski definition) is 3. The summed E-state index contributed by atoms with van der Waals surface area (Å²) >= 11 is 0. The molecule has 0 radical (unpaired) electrons. The Hall–Kier alpha value is -2.11. The zero-order chi connectivity index (χ0) is 25.0. The minimum absolute atomic E-state index is 0.00350. The van der Waals surface area contributed by atoms with Crippen LogP contribution in [0.1, 0.15) is 76.2 Å². The first-order valence-electron chi connectivity index (χ1n) is 14.4. The summed E-state index contributed by atoms with van der Waals surface area (Å²) in [5, 5.41) is 2.47. The second kappa shape index (κ2) is 7.51. The minimum Gasteiger partial charge on any atom is -0.359 e. The van der Waals surface area contributed by atoms with Gasteiger partial charge >= 0.3 is 0 Å². The van der Waals surface area contributed by atoms with Crippen LogP contribution >= 0.6 is 0 Å². The van der Waals surface area contributed by atoms with Gasteiger partial charge in [0.15, 0.2) is 0 Å². The van der Waals surface area contributed by atoms with Crippen LogP contribution in [0, 0.1) is 11.3 Å². The van der Waals surface area contributed by atoms with Crippen molar-refractivity contribution in [2.45, 2.75) is 93.8 Å². The summed E-state index contributed by atoms with van der Waals surface area (Å²) in [6.45, 7) is 2.95. The Kier molecular flexibility index (Phi) is 4.63. The largest absolute Gasteiger partial charge is 0.359 e. The first kappa shape index (κ1) is 22.8. The molecule has 0 N–H and O–H groups in total. The van der Waals surface area contributed by atoms with Gasteiger partial charge in [0, 0.05) is 36.8 Å². The summed E-state index contributed by atoms with van der Waals surface area (Å²) < 4.78 is 35.5. The summed E-state index contributed by atoms with van der Waals surface area (Å²) in [6.07, 6.45) is 17.3. The lowest BCUT2D eigenvalue weighted by molar-refractivity contribution is -0.141. The van der Waals surface area contributed by atoms with E-state index in [9.17, 15) is 8.78 Å². The molecule has 1 unspecified atom stereocenters. The molecule has 4 heterocycles. The molecule has 6 aliphatic rings. The molecule has 2 bridgehead atoms. The van der Waals surface area contributed by atoms with E-state index < -0.39 is 5.92 Å². The fraction of sp³-hybridized carbons (Fsp3) is 0.594. The van der Waals surface area contributed by atoms with Crippen molar-refractivity contribution in [3.63, 3.8) is 0 Å². The Labute approximate surface area is 218 Å². The number of allylic oxidation sites excluding steroid dienone is 1. The van der Waals surface area contributed by atoms with E-state index in [2.05, 4.69) is 53.2 Å². The molecule has 1 aromatic heterocycles. The quantitative estimate of drug-likeness (QED) is 0.435. The van der Waals surface area contributed by atoms with Crippen molar-refractivity contribution < 1.29 is 13.5 Å². The minimum atomic E-state index is -2.53. The van der Waals surface area contributed by atoms with Gasteiger partial charge in [-0.05, 0) is 103 Å². The molecule has 2 spiro atoms. The highest BCUT2D eigenvalue weighted by Gasteiger charge is 2.66.